The summed E-state index contributed by atoms with van der Waals surface area (Å²) in [6.07, 6.45) is -2.54. The SMILES string of the molecule is CC(C)OC(=O)C(C)NP(=O)(OCC1OC(n2cnc3c(=O)[nH]c(N)nc32)C(O)C1CO)Oc1ccccc1. The van der Waals surface area contributed by atoms with Crippen molar-refractivity contribution >= 4 is 30.8 Å². The lowest BCUT2D eigenvalue weighted by atomic mass is 9.99. The average molecular weight is 567 g/mol. The Morgan fingerprint density at radius 1 is 1.31 bits per heavy atom. The number of imidazole rings is 1. The molecule has 0 amide bonds. The van der Waals surface area contributed by atoms with Gasteiger partial charge in [0.2, 0.25) is 5.95 Å². The number of hydrogen-bond donors (Lipinski definition) is 5. The molecule has 0 spiro atoms. The Balaban J connectivity index is 1.55. The van der Waals surface area contributed by atoms with E-state index in [0.29, 0.717) is 0 Å². The molecule has 1 saturated heterocycles. The number of nitrogen functional groups attached to an aromatic ring is 1. The maximum atomic E-state index is 13.8. The van der Waals surface area contributed by atoms with Crippen LogP contribution in [0, 0.1) is 5.92 Å². The summed E-state index contributed by atoms with van der Waals surface area (Å²) in [4.78, 5) is 34.9. The van der Waals surface area contributed by atoms with Crippen LogP contribution < -0.4 is 20.9 Å². The van der Waals surface area contributed by atoms with E-state index in [1.807, 2.05) is 0 Å². The van der Waals surface area contributed by atoms with Gasteiger partial charge in [0.25, 0.3) is 5.56 Å². The molecule has 16 heteroatoms. The molecule has 0 saturated carbocycles. The fourth-order valence-corrected chi connectivity index (χ4v) is 5.55. The monoisotopic (exact) mass is 566 g/mol. The van der Waals surface area contributed by atoms with Gasteiger partial charge >= 0.3 is 13.7 Å². The molecule has 6 unspecified atom stereocenters. The zero-order chi connectivity index (χ0) is 28.3. The molecule has 39 heavy (non-hydrogen) atoms. The van der Waals surface area contributed by atoms with E-state index in [0.717, 1.165) is 0 Å². The first-order valence-corrected chi connectivity index (χ1v) is 13.7. The van der Waals surface area contributed by atoms with Crippen LogP contribution in [0.5, 0.6) is 5.75 Å². The third-order valence-electron chi connectivity index (χ3n) is 5.89. The van der Waals surface area contributed by atoms with Crippen molar-refractivity contribution in [2.45, 2.75) is 51.4 Å². The molecular formula is C23H31N6O9P. The predicted octanol–water partition coefficient (Wildman–Crippen LogP) is 0.702. The lowest BCUT2D eigenvalue weighted by Crippen LogP contribution is -2.37. The van der Waals surface area contributed by atoms with Crippen LogP contribution in [-0.4, -0.2) is 73.3 Å². The number of para-hydroxylation sites is 1. The second kappa shape index (κ2) is 11.8. The lowest BCUT2D eigenvalue weighted by Gasteiger charge is -2.25. The molecule has 1 aromatic carbocycles. The summed E-state index contributed by atoms with van der Waals surface area (Å²) in [5.41, 5.74) is 5.13. The summed E-state index contributed by atoms with van der Waals surface area (Å²) >= 11 is 0. The second-order valence-electron chi connectivity index (χ2n) is 9.21. The summed E-state index contributed by atoms with van der Waals surface area (Å²) < 4.78 is 37.5. The van der Waals surface area contributed by atoms with Crippen LogP contribution in [0.15, 0.2) is 41.5 Å². The zero-order valence-electron chi connectivity index (χ0n) is 21.5. The van der Waals surface area contributed by atoms with Crippen molar-refractivity contribution in [3.8, 4) is 5.75 Å². The molecule has 3 aromatic rings. The summed E-state index contributed by atoms with van der Waals surface area (Å²) in [7, 11) is -4.22. The normalized spacial score (nSPS) is 23.5. The van der Waals surface area contributed by atoms with Gasteiger partial charge in [-0.25, -0.2) is 9.55 Å². The smallest absolute Gasteiger partial charge is 0.459 e. The van der Waals surface area contributed by atoms with E-state index < -0.39 is 69.0 Å². The molecule has 212 valence electrons. The van der Waals surface area contributed by atoms with E-state index in [-0.39, 0.29) is 22.9 Å². The number of carbonyl (C=O) groups excluding carboxylic acids is 1. The highest BCUT2D eigenvalue weighted by molar-refractivity contribution is 7.52. The van der Waals surface area contributed by atoms with Crippen molar-refractivity contribution < 1.29 is 38.1 Å². The number of aliphatic hydroxyl groups is 2. The summed E-state index contributed by atoms with van der Waals surface area (Å²) in [6.45, 7) is 3.88. The van der Waals surface area contributed by atoms with Gasteiger partial charge in [0.1, 0.15) is 17.9 Å². The predicted molar refractivity (Wildman–Crippen MR) is 138 cm³/mol. The standard InChI is InChI=1S/C23H31N6O9P/c1-12(2)36-22(33)13(3)28-39(34,38-14-7-5-4-6-8-14)35-10-16-15(9-30)18(31)21(37-16)29-11-25-17-19(29)26-23(24)27-20(17)32/h4-8,11-13,15-16,18,21,30-31H,9-10H2,1-3H3,(H,28,34)(H3,24,26,27,32). The Labute approximate surface area is 222 Å². The molecule has 2 aromatic heterocycles. The molecule has 15 nitrogen and oxygen atoms in total. The molecule has 1 aliphatic rings. The first-order chi connectivity index (χ1) is 18.5. The number of aliphatic hydroxyl groups excluding tert-OH is 2. The topological polar surface area (TPSA) is 213 Å². The summed E-state index contributed by atoms with van der Waals surface area (Å²) in [5, 5.41) is 23.5. The van der Waals surface area contributed by atoms with Crippen LogP contribution in [-0.2, 0) is 23.4 Å². The number of fused-ring (bicyclic) bond motifs is 1. The van der Waals surface area contributed by atoms with Gasteiger partial charge in [-0.1, -0.05) is 18.2 Å². The third-order valence-corrected chi connectivity index (χ3v) is 7.54. The van der Waals surface area contributed by atoms with Gasteiger partial charge in [-0.05, 0) is 32.9 Å². The van der Waals surface area contributed by atoms with E-state index in [9.17, 15) is 24.4 Å². The van der Waals surface area contributed by atoms with Crippen LogP contribution >= 0.6 is 7.75 Å². The maximum Gasteiger partial charge on any atom is 0.459 e. The number of benzene rings is 1. The summed E-state index contributed by atoms with van der Waals surface area (Å²) in [5.74, 6) is -1.50. The van der Waals surface area contributed by atoms with E-state index >= 15 is 0 Å². The molecule has 0 bridgehead atoms. The highest BCUT2D eigenvalue weighted by Gasteiger charge is 2.46. The largest absolute Gasteiger partial charge is 0.462 e. The van der Waals surface area contributed by atoms with E-state index in [2.05, 4.69) is 20.0 Å². The molecule has 0 aliphatic carbocycles. The van der Waals surface area contributed by atoms with E-state index in [4.69, 9.17) is 24.3 Å². The van der Waals surface area contributed by atoms with Crippen molar-refractivity contribution in [2.75, 3.05) is 18.9 Å². The molecular weight excluding hydrogens is 535 g/mol. The molecule has 0 radical (unpaired) electrons. The summed E-state index contributed by atoms with van der Waals surface area (Å²) in [6, 6.07) is 7.12. The average Bonchev–Trinajstić information content (AvgIpc) is 3.43. The minimum Gasteiger partial charge on any atom is -0.462 e. The van der Waals surface area contributed by atoms with Crippen molar-refractivity contribution in [1.29, 1.82) is 0 Å². The Morgan fingerprint density at radius 3 is 2.69 bits per heavy atom. The number of hydrogen-bond acceptors (Lipinski definition) is 12. The van der Waals surface area contributed by atoms with Crippen LogP contribution in [0.3, 0.4) is 0 Å². The molecule has 6 N–H and O–H groups in total. The zero-order valence-corrected chi connectivity index (χ0v) is 22.4. The van der Waals surface area contributed by atoms with Gasteiger partial charge < -0.3 is 29.9 Å². The lowest BCUT2D eigenvalue weighted by molar-refractivity contribution is -0.149. The fourth-order valence-electron chi connectivity index (χ4n) is 4.05. The quantitative estimate of drug-likeness (QED) is 0.160. The Hall–Kier alpha value is -3.33. The number of aromatic amines is 1. The van der Waals surface area contributed by atoms with Gasteiger partial charge in [-0.2, -0.15) is 10.1 Å². The number of nitrogens with two attached hydrogens (primary N) is 1. The first-order valence-electron chi connectivity index (χ1n) is 12.2. The minimum atomic E-state index is -4.22. The van der Waals surface area contributed by atoms with Crippen molar-refractivity contribution in [1.82, 2.24) is 24.6 Å². The molecule has 1 aliphatic heterocycles. The fraction of sp³-hybridized carbons (Fsp3) is 0.478. The second-order valence-corrected chi connectivity index (χ2v) is 10.9. The highest BCUT2D eigenvalue weighted by Crippen LogP contribution is 2.46. The number of anilines is 1. The number of rotatable bonds is 11. The van der Waals surface area contributed by atoms with E-state index in [1.165, 1.54) is 17.8 Å². The van der Waals surface area contributed by atoms with Gasteiger partial charge in [-0.15, -0.1) is 0 Å². The van der Waals surface area contributed by atoms with Crippen LogP contribution in [0.2, 0.25) is 0 Å². The van der Waals surface area contributed by atoms with Crippen LogP contribution in [0.1, 0.15) is 27.0 Å². The third kappa shape index (κ3) is 6.46. The first kappa shape index (κ1) is 28.7. The number of carbonyl (C=O) groups is 1. The number of aromatic nitrogens is 4. The van der Waals surface area contributed by atoms with Crippen LogP contribution in [0.4, 0.5) is 5.95 Å². The number of nitrogens with zero attached hydrogens (tertiary/aromatic N) is 3. The van der Waals surface area contributed by atoms with Gasteiger partial charge in [0, 0.05) is 5.92 Å². The van der Waals surface area contributed by atoms with Gasteiger partial charge in [0.05, 0.1) is 31.7 Å². The van der Waals surface area contributed by atoms with Crippen molar-refractivity contribution in [3.05, 3.63) is 47.0 Å². The van der Waals surface area contributed by atoms with Crippen molar-refractivity contribution in [3.63, 3.8) is 0 Å². The molecule has 3 heterocycles. The highest BCUT2D eigenvalue weighted by atomic mass is 31.2. The molecule has 1 fully saturated rings. The number of esters is 1. The Kier molecular flexibility index (Phi) is 8.69. The maximum absolute atomic E-state index is 13.8. The van der Waals surface area contributed by atoms with E-state index in [1.54, 1.807) is 44.2 Å². The van der Waals surface area contributed by atoms with Gasteiger partial charge in [-0.3, -0.25) is 23.7 Å². The number of H-pyrrole nitrogens is 1. The molecule has 6 atom stereocenters. The number of nitrogens with one attached hydrogen (secondary N) is 2. The number of ether oxygens (including phenoxy) is 2. The Morgan fingerprint density at radius 2 is 2.03 bits per heavy atom. The molecule has 4 rings (SSSR count). The van der Waals surface area contributed by atoms with Gasteiger partial charge in [0.15, 0.2) is 17.4 Å². The minimum absolute atomic E-state index is 0.0209. The van der Waals surface area contributed by atoms with Crippen molar-refractivity contribution in [2.24, 2.45) is 5.92 Å². The Bertz CT molecular complexity index is 1400. The van der Waals surface area contributed by atoms with Crippen LogP contribution in [0.25, 0.3) is 11.2 Å².